The maximum atomic E-state index is 13.0. The van der Waals surface area contributed by atoms with Gasteiger partial charge in [0.05, 0.1) is 12.7 Å². The molecule has 3 aromatic rings. The summed E-state index contributed by atoms with van der Waals surface area (Å²) >= 11 is 0. The predicted molar refractivity (Wildman–Crippen MR) is 96.7 cm³/mol. The number of carbonyl (C=O) groups excluding carboxylic acids is 1. The number of nitrogens with zero attached hydrogens (tertiary/aromatic N) is 1. The molecule has 0 saturated heterocycles. The Kier molecular flexibility index (Phi) is 4.14. The Labute approximate surface area is 141 Å². The molecular weight excluding hydrogens is 298 g/mol. The van der Waals surface area contributed by atoms with Gasteiger partial charge in [-0.05, 0) is 34.4 Å². The first kappa shape index (κ1) is 15.9. The Balaban J connectivity index is 2.15. The second kappa shape index (κ2) is 6.25. The van der Waals surface area contributed by atoms with E-state index in [1.165, 1.54) is 0 Å². The van der Waals surface area contributed by atoms with Crippen molar-refractivity contribution >= 4 is 16.7 Å². The molecule has 24 heavy (non-hydrogen) atoms. The van der Waals surface area contributed by atoms with Gasteiger partial charge in [-0.1, -0.05) is 44.0 Å². The van der Waals surface area contributed by atoms with Crippen LogP contribution in [0.4, 0.5) is 0 Å². The first-order valence-electron chi connectivity index (χ1n) is 7.85. The van der Waals surface area contributed by atoms with Gasteiger partial charge in [0.1, 0.15) is 5.75 Å². The van der Waals surface area contributed by atoms with E-state index in [0.717, 1.165) is 21.9 Å². The van der Waals surface area contributed by atoms with E-state index in [1.807, 2.05) is 42.7 Å². The fourth-order valence-corrected chi connectivity index (χ4v) is 2.87. The Morgan fingerprint density at radius 3 is 2.29 bits per heavy atom. The van der Waals surface area contributed by atoms with E-state index in [1.54, 1.807) is 17.7 Å². The third-order valence-electron chi connectivity index (χ3n) is 4.17. The summed E-state index contributed by atoms with van der Waals surface area (Å²) in [5, 5.41) is 2.04. The Bertz CT molecular complexity index is 925. The highest BCUT2D eigenvalue weighted by molar-refractivity contribution is 6.01. The van der Waals surface area contributed by atoms with Crippen LogP contribution in [-0.4, -0.2) is 17.6 Å². The molecule has 0 radical (unpaired) electrons. The van der Waals surface area contributed by atoms with Crippen LogP contribution < -0.4 is 4.74 Å². The van der Waals surface area contributed by atoms with E-state index in [-0.39, 0.29) is 11.8 Å². The van der Waals surface area contributed by atoms with Crippen LogP contribution in [0.2, 0.25) is 0 Å². The Morgan fingerprint density at radius 1 is 1.17 bits per heavy atom. The van der Waals surface area contributed by atoms with Crippen molar-refractivity contribution in [3.8, 4) is 18.1 Å². The van der Waals surface area contributed by atoms with Crippen molar-refractivity contribution in [2.24, 2.45) is 0 Å². The Morgan fingerprint density at radius 2 is 1.79 bits per heavy atom. The van der Waals surface area contributed by atoms with Gasteiger partial charge in [-0.2, -0.15) is 0 Å². The largest absolute Gasteiger partial charge is 0.496 e. The minimum atomic E-state index is -0.131. The van der Waals surface area contributed by atoms with Crippen LogP contribution in [0.1, 0.15) is 41.3 Å². The highest BCUT2D eigenvalue weighted by Crippen LogP contribution is 2.29. The maximum absolute atomic E-state index is 13.0. The van der Waals surface area contributed by atoms with Crippen molar-refractivity contribution in [1.82, 2.24) is 4.57 Å². The van der Waals surface area contributed by atoms with E-state index in [4.69, 9.17) is 11.2 Å². The van der Waals surface area contributed by atoms with Crippen molar-refractivity contribution < 1.29 is 9.53 Å². The number of benzene rings is 2. The van der Waals surface area contributed by atoms with Gasteiger partial charge in [0, 0.05) is 18.0 Å². The quantitative estimate of drug-likeness (QED) is 0.669. The number of fused-ring (bicyclic) bond motifs is 1. The van der Waals surface area contributed by atoms with Crippen LogP contribution in [0, 0.1) is 12.3 Å². The lowest BCUT2D eigenvalue weighted by molar-refractivity contribution is 0.0957. The summed E-state index contributed by atoms with van der Waals surface area (Å²) in [4.78, 5) is 13.0. The minimum Gasteiger partial charge on any atom is -0.496 e. The first-order valence-corrected chi connectivity index (χ1v) is 7.85. The zero-order valence-electron chi connectivity index (χ0n) is 14.0. The highest BCUT2D eigenvalue weighted by Gasteiger charge is 2.19. The van der Waals surface area contributed by atoms with Crippen molar-refractivity contribution in [3.05, 3.63) is 65.5 Å². The molecule has 0 fully saturated rings. The topological polar surface area (TPSA) is 31.2 Å². The number of carbonyl (C=O) groups is 1. The molecule has 0 bridgehead atoms. The summed E-state index contributed by atoms with van der Waals surface area (Å²) < 4.78 is 7.01. The van der Waals surface area contributed by atoms with Crippen molar-refractivity contribution in [2.75, 3.05) is 7.11 Å². The summed E-state index contributed by atoms with van der Waals surface area (Å²) in [7, 11) is 1.55. The highest BCUT2D eigenvalue weighted by atomic mass is 16.5. The molecule has 2 aromatic carbocycles. The predicted octanol–water partition coefficient (Wildman–Crippen LogP) is 4.44. The smallest absolute Gasteiger partial charge is 0.265 e. The third kappa shape index (κ3) is 2.68. The normalized spacial score (nSPS) is 10.8. The Hall–Kier alpha value is -2.99. The van der Waals surface area contributed by atoms with Gasteiger partial charge >= 0.3 is 0 Å². The molecule has 0 N–H and O–H groups in total. The van der Waals surface area contributed by atoms with E-state index in [2.05, 4.69) is 19.8 Å². The lowest BCUT2D eigenvalue weighted by Crippen LogP contribution is -2.12. The zero-order chi connectivity index (χ0) is 17.3. The number of ether oxygens (including phenoxy) is 1. The average Bonchev–Trinajstić information content (AvgIpc) is 3.03. The van der Waals surface area contributed by atoms with Gasteiger partial charge in [-0.25, -0.2) is 0 Å². The standard InChI is InChI=1S/C21H19NO2/c1-5-15-10-20(24-4)19(11-18(15)14(2)3)21(23)22-12-16-8-6-7-9-17(16)13-22/h1,6-14H,2-4H3. The molecule has 3 heteroatoms. The molecule has 0 unspecified atom stereocenters. The van der Waals surface area contributed by atoms with Gasteiger partial charge < -0.3 is 4.74 Å². The van der Waals surface area contributed by atoms with Crippen LogP contribution in [0.3, 0.4) is 0 Å². The molecule has 0 aliphatic carbocycles. The molecule has 3 nitrogen and oxygen atoms in total. The van der Waals surface area contributed by atoms with E-state index in [0.29, 0.717) is 11.3 Å². The second-order valence-corrected chi connectivity index (χ2v) is 6.04. The number of hydrogen-bond acceptors (Lipinski definition) is 2. The van der Waals surface area contributed by atoms with E-state index >= 15 is 0 Å². The molecule has 120 valence electrons. The molecule has 0 aliphatic rings. The third-order valence-corrected chi connectivity index (χ3v) is 4.17. The lowest BCUT2D eigenvalue weighted by atomic mass is 9.94. The number of hydrogen-bond donors (Lipinski definition) is 0. The van der Waals surface area contributed by atoms with Crippen LogP contribution >= 0.6 is 0 Å². The monoisotopic (exact) mass is 317 g/mol. The van der Waals surface area contributed by atoms with Gasteiger partial charge in [0.15, 0.2) is 0 Å². The molecule has 3 rings (SSSR count). The zero-order valence-corrected chi connectivity index (χ0v) is 14.0. The van der Waals surface area contributed by atoms with Crippen molar-refractivity contribution in [1.29, 1.82) is 0 Å². The van der Waals surface area contributed by atoms with E-state index < -0.39 is 0 Å². The minimum absolute atomic E-state index is 0.131. The van der Waals surface area contributed by atoms with Gasteiger partial charge in [0.2, 0.25) is 0 Å². The van der Waals surface area contributed by atoms with Gasteiger partial charge in [-0.15, -0.1) is 6.42 Å². The molecule has 0 amide bonds. The summed E-state index contributed by atoms with van der Waals surface area (Å²) in [5.41, 5.74) is 2.25. The number of methoxy groups -OCH3 is 1. The van der Waals surface area contributed by atoms with Gasteiger partial charge in [0.25, 0.3) is 5.91 Å². The first-order chi connectivity index (χ1) is 11.5. The summed E-state index contributed by atoms with van der Waals surface area (Å²) in [6, 6.07) is 11.5. The van der Waals surface area contributed by atoms with Gasteiger partial charge in [-0.3, -0.25) is 9.36 Å². The van der Waals surface area contributed by atoms with Crippen molar-refractivity contribution in [2.45, 2.75) is 19.8 Å². The molecule has 0 saturated carbocycles. The molecule has 1 aromatic heterocycles. The van der Waals surface area contributed by atoms with Crippen molar-refractivity contribution in [3.63, 3.8) is 0 Å². The maximum Gasteiger partial charge on any atom is 0.265 e. The molecule has 1 heterocycles. The number of rotatable bonds is 3. The van der Waals surface area contributed by atoms with Crippen LogP contribution in [-0.2, 0) is 0 Å². The second-order valence-electron chi connectivity index (χ2n) is 6.04. The average molecular weight is 317 g/mol. The number of terminal acetylenes is 1. The summed E-state index contributed by atoms with van der Waals surface area (Å²) in [6.45, 7) is 4.11. The molecule has 0 atom stereocenters. The van der Waals surface area contributed by atoms with Crippen LogP contribution in [0.15, 0.2) is 48.8 Å². The molecule has 0 spiro atoms. The fourth-order valence-electron chi connectivity index (χ4n) is 2.87. The van der Waals surface area contributed by atoms with E-state index in [9.17, 15) is 4.79 Å². The van der Waals surface area contributed by atoms with Crippen LogP contribution in [0.5, 0.6) is 5.75 Å². The molecular formula is C21H19NO2. The molecule has 0 aliphatic heterocycles. The van der Waals surface area contributed by atoms with Crippen LogP contribution in [0.25, 0.3) is 10.8 Å². The lowest BCUT2D eigenvalue weighted by Gasteiger charge is -2.15. The summed E-state index contributed by atoms with van der Waals surface area (Å²) in [5.74, 6) is 3.27. The summed E-state index contributed by atoms with van der Waals surface area (Å²) in [6.07, 6.45) is 9.27. The SMILES string of the molecule is C#Cc1cc(OC)c(C(=O)n2cc3ccccc3c2)cc1C(C)C. The fraction of sp³-hybridized carbons (Fsp3) is 0.190. The number of aromatic nitrogens is 1.